The molecule has 8 rings (SSSR count). The summed E-state index contributed by atoms with van der Waals surface area (Å²) in [4.78, 5) is 19.9. The average Bonchev–Trinajstić information content (AvgIpc) is 3.26. The average molecular weight is 1130 g/mol. The molecule has 0 spiro atoms. The molecule has 0 aromatic heterocycles. The maximum atomic E-state index is 2.69. The van der Waals surface area contributed by atoms with Crippen LogP contribution in [0.2, 0.25) is 0 Å². The minimum absolute atomic E-state index is 0. The summed E-state index contributed by atoms with van der Waals surface area (Å²) in [7, 11) is 17.4. The monoisotopic (exact) mass is 1130 g/mol. The summed E-state index contributed by atoms with van der Waals surface area (Å²) in [6.07, 6.45) is 29.9. The molecular weight excluding hydrogens is 1020 g/mol. The Morgan fingerprint density at radius 2 is 0.412 bits per heavy atom. The van der Waals surface area contributed by atoms with E-state index in [1.54, 1.807) is 0 Å². The highest BCUT2D eigenvalue weighted by molar-refractivity contribution is 5.86. The lowest BCUT2D eigenvalue weighted by atomic mass is 9.75. The van der Waals surface area contributed by atoms with Crippen LogP contribution in [-0.2, 0) is 0 Å². The summed E-state index contributed by atoms with van der Waals surface area (Å²) in [6.45, 7) is 20.9. The number of halogens is 8. The molecule has 0 amide bonds. The zero-order valence-electron chi connectivity index (χ0n) is 44.9. The van der Waals surface area contributed by atoms with E-state index in [-0.39, 0.29) is 99.3 Å². The number of likely N-dealkylation sites (tertiary alicyclic amines) is 4. The Kier molecular flexibility index (Phi) is 48.5. The number of rotatable bonds is 12. The molecule has 0 radical (unpaired) electrons. The molecule has 4 saturated heterocycles. The number of likely N-dealkylation sites (N-methyl/N-ethyl adjacent to an activating group) is 4. The number of nitrogens with zero attached hydrogens (tertiary/aromatic N) is 8. The molecule has 0 N–H and O–H groups in total. The van der Waals surface area contributed by atoms with Gasteiger partial charge in [0.1, 0.15) is 0 Å². The lowest BCUT2D eigenvalue weighted by Crippen LogP contribution is -2.44. The van der Waals surface area contributed by atoms with E-state index in [1.807, 2.05) is 0 Å². The normalized spacial score (nSPS) is 29.1. The van der Waals surface area contributed by atoms with Crippen molar-refractivity contribution >= 4 is 99.3 Å². The van der Waals surface area contributed by atoms with Gasteiger partial charge in [0.25, 0.3) is 0 Å². The number of hydrogen-bond acceptors (Lipinski definition) is 8. The van der Waals surface area contributed by atoms with Gasteiger partial charge in [0.05, 0.1) is 0 Å². The minimum atomic E-state index is 0. The Bertz CT molecular complexity index is 967. The standard InChI is InChI=1S/4C13H26N2.8ClH/c4*1-14(2)9-10-15-8-7-12-5-3-4-6-13(12)11-15;;;;;;;;/h4*12-13H,3-11H2,1-2H3;8*1H. The quantitative estimate of drug-likeness (QED) is 0.191. The van der Waals surface area contributed by atoms with E-state index >= 15 is 0 Å². The summed E-state index contributed by atoms with van der Waals surface area (Å²) < 4.78 is 0. The SMILES string of the molecule is CN(C)CCN1CCC2CCCCC2C1.CN(C)CCN1CCC2CCCCC2C1.CN(C)CCN1CCC2CCCCC2C1.CN(C)CCN1CCC2CCCCC2C1.Cl.Cl.Cl.Cl.Cl.Cl.Cl.Cl. The summed E-state index contributed by atoms with van der Waals surface area (Å²) in [5.41, 5.74) is 0. The van der Waals surface area contributed by atoms with E-state index in [0.29, 0.717) is 0 Å². The van der Waals surface area contributed by atoms with Gasteiger partial charge >= 0.3 is 0 Å². The topological polar surface area (TPSA) is 25.9 Å². The molecule has 8 unspecified atom stereocenters. The van der Waals surface area contributed by atoms with Gasteiger partial charge in [-0.15, -0.1) is 99.3 Å². The second-order valence-corrected chi connectivity index (χ2v) is 22.8. The van der Waals surface area contributed by atoms with Crippen LogP contribution in [0.15, 0.2) is 0 Å². The summed E-state index contributed by atoms with van der Waals surface area (Å²) >= 11 is 0. The molecule has 0 aromatic carbocycles. The van der Waals surface area contributed by atoms with Crippen LogP contribution in [0.5, 0.6) is 0 Å². The van der Waals surface area contributed by atoms with Gasteiger partial charge in [-0.1, -0.05) is 77.0 Å². The second-order valence-electron chi connectivity index (χ2n) is 22.8. The van der Waals surface area contributed by atoms with Gasteiger partial charge in [0.15, 0.2) is 0 Å². The van der Waals surface area contributed by atoms with Gasteiger partial charge < -0.3 is 39.2 Å². The van der Waals surface area contributed by atoms with Crippen molar-refractivity contribution in [3.63, 3.8) is 0 Å². The van der Waals surface area contributed by atoms with Gasteiger partial charge in [0.2, 0.25) is 0 Å². The van der Waals surface area contributed by atoms with Gasteiger partial charge in [-0.3, -0.25) is 0 Å². The fourth-order valence-corrected chi connectivity index (χ4v) is 12.9. The maximum absolute atomic E-state index is 2.69. The smallest absolute Gasteiger partial charge is 0.0109 e. The first kappa shape index (κ1) is 76.5. The molecule has 4 aliphatic heterocycles. The van der Waals surface area contributed by atoms with Crippen molar-refractivity contribution in [3.8, 4) is 0 Å². The van der Waals surface area contributed by atoms with Crippen LogP contribution >= 0.6 is 99.3 Å². The predicted octanol–water partition coefficient (Wildman–Crippen LogP) is 11.6. The molecule has 8 fully saturated rings. The Labute approximate surface area is 472 Å². The Morgan fingerprint density at radius 1 is 0.250 bits per heavy atom. The highest BCUT2D eigenvalue weighted by atomic mass is 35.5. The zero-order chi connectivity index (χ0) is 42.7. The maximum Gasteiger partial charge on any atom is 0.0109 e. The summed E-state index contributed by atoms with van der Waals surface area (Å²) in [5, 5.41) is 0. The van der Waals surface area contributed by atoms with Crippen LogP contribution in [0.3, 0.4) is 0 Å². The molecule has 16 heteroatoms. The van der Waals surface area contributed by atoms with Crippen LogP contribution in [0.1, 0.15) is 128 Å². The molecule has 4 saturated carbocycles. The second kappa shape index (κ2) is 43.1. The van der Waals surface area contributed by atoms with Crippen molar-refractivity contribution in [2.24, 2.45) is 47.3 Å². The Morgan fingerprint density at radius 3 is 0.574 bits per heavy atom. The van der Waals surface area contributed by atoms with E-state index in [0.717, 1.165) is 47.3 Å². The van der Waals surface area contributed by atoms with Crippen molar-refractivity contribution in [1.29, 1.82) is 0 Å². The predicted molar refractivity (Wildman–Crippen MR) is 318 cm³/mol. The highest BCUT2D eigenvalue weighted by Gasteiger charge is 2.34. The Hall–Kier alpha value is 2.00. The zero-order valence-corrected chi connectivity index (χ0v) is 51.5. The molecule has 0 bridgehead atoms. The van der Waals surface area contributed by atoms with Crippen LogP contribution in [0.25, 0.3) is 0 Å². The third-order valence-corrected chi connectivity index (χ3v) is 17.0. The fraction of sp³-hybridized carbons (Fsp3) is 1.00. The van der Waals surface area contributed by atoms with Gasteiger partial charge in [-0.2, -0.15) is 0 Å². The van der Waals surface area contributed by atoms with Crippen molar-refractivity contribution in [3.05, 3.63) is 0 Å². The van der Waals surface area contributed by atoms with Crippen molar-refractivity contribution in [2.45, 2.75) is 128 Å². The highest BCUT2D eigenvalue weighted by Crippen LogP contribution is 2.39. The van der Waals surface area contributed by atoms with Crippen LogP contribution in [0, 0.1) is 47.3 Å². The molecular formula is C52H112Cl8N8. The number of hydrogen-bond donors (Lipinski definition) is 0. The molecule has 8 atom stereocenters. The van der Waals surface area contributed by atoms with E-state index < -0.39 is 0 Å². The molecule has 68 heavy (non-hydrogen) atoms. The van der Waals surface area contributed by atoms with Crippen molar-refractivity contribution in [2.75, 3.05) is 161 Å². The molecule has 4 aliphatic carbocycles. The van der Waals surface area contributed by atoms with E-state index in [9.17, 15) is 0 Å². The Balaban J connectivity index is -0.000000386. The van der Waals surface area contributed by atoms with E-state index in [1.165, 1.54) is 233 Å². The first-order chi connectivity index (χ1) is 29.0. The first-order valence-corrected chi connectivity index (χ1v) is 26.5. The summed E-state index contributed by atoms with van der Waals surface area (Å²) in [5.74, 6) is 8.46. The van der Waals surface area contributed by atoms with E-state index in [2.05, 4.69) is 95.6 Å². The molecule has 8 aliphatic rings. The molecule has 8 nitrogen and oxygen atoms in total. The first-order valence-electron chi connectivity index (χ1n) is 26.5. The molecule has 4 heterocycles. The lowest BCUT2D eigenvalue weighted by Gasteiger charge is -2.41. The molecule has 0 aromatic rings. The van der Waals surface area contributed by atoms with Crippen molar-refractivity contribution in [1.82, 2.24) is 39.2 Å². The van der Waals surface area contributed by atoms with Crippen LogP contribution < -0.4 is 0 Å². The largest absolute Gasteiger partial charge is 0.308 e. The third-order valence-electron chi connectivity index (χ3n) is 17.0. The molecule has 416 valence electrons. The van der Waals surface area contributed by atoms with Crippen molar-refractivity contribution < 1.29 is 0 Å². The third kappa shape index (κ3) is 29.3. The lowest BCUT2D eigenvalue weighted by molar-refractivity contribution is 0.0823. The summed E-state index contributed by atoms with van der Waals surface area (Å²) in [6, 6.07) is 0. The van der Waals surface area contributed by atoms with Gasteiger partial charge in [0, 0.05) is 78.5 Å². The fourth-order valence-electron chi connectivity index (χ4n) is 12.9. The minimum Gasteiger partial charge on any atom is -0.308 e. The van der Waals surface area contributed by atoms with Gasteiger partial charge in [-0.05, 0) is 181 Å². The number of piperidine rings is 4. The van der Waals surface area contributed by atoms with Gasteiger partial charge in [-0.25, -0.2) is 0 Å². The van der Waals surface area contributed by atoms with Crippen LogP contribution in [0.4, 0.5) is 0 Å². The van der Waals surface area contributed by atoms with Crippen LogP contribution in [-0.4, -0.2) is 200 Å². The number of fused-ring (bicyclic) bond motifs is 4. The van der Waals surface area contributed by atoms with E-state index in [4.69, 9.17) is 0 Å².